The highest BCUT2D eigenvalue weighted by molar-refractivity contribution is 5.74. The van der Waals surface area contributed by atoms with Crippen LogP contribution in [0.15, 0.2) is 55.2 Å². The molecule has 0 radical (unpaired) electrons. The van der Waals surface area contributed by atoms with Gasteiger partial charge in [-0.3, -0.25) is 0 Å². The third-order valence-electron chi connectivity index (χ3n) is 3.96. The average molecular weight is 262 g/mol. The van der Waals surface area contributed by atoms with E-state index in [0.717, 1.165) is 5.52 Å². The van der Waals surface area contributed by atoms with Gasteiger partial charge in [-0.15, -0.1) is 0 Å². The summed E-state index contributed by atoms with van der Waals surface area (Å²) in [5.74, 6) is 0.298. The van der Waals surface area contributed by atoms with E-state index < -0.39 is 0 Å². The van der Waals surface area contributed by atoms with Crippen LogP contribution in [0, 0.1) is 6.92 Å². The molecule has 0 aliphatic heterocycles. The van der Waals surface area contributed by atoms with Gasteiger partial charge >= 0.3 is 0 Å². The summed E-state index contributed by atoms with van der Waals surface area (Å²) in [6, 6.07) is 14.6. The Labute approximate surface area is 119 Å². The lowest BCUT2D eigenvalue weighted by molar-refractivity contribution is 0.782. The highest BCUT2D eigenvalue weighted by atomic mass is 15.2. The summed E-state index contributed by atoms with van der Waals surface area (Å²) < 4.78 is 2.05. The van der Waals surface area contributed by atoms with E-state index in [1.807, 2.05) is 28.9 Å². The monoisotopic (exact) mass is 262 g/mol. The molecule has 0 bridgehead atoms. The van der Waals surface area contributed by atoms with Gasteiger partial charge in [0.05, 0.1) is 11.2 Å². The number of fused-ring (bicyclic) bond motifs is 1. The van der Waals surface area contributed by atoms with Crippen molar-refractivity contribution in [3.8, 4) is 0 Å². The Morgan fingerprint density at radius 1 is 1.15 bits per heavy atom. The van der Waals surface area contributed by atoms with Crippen molar-refractivity contribution in [3.63, 3.8) is 0 Å². The van der Waals surface area contributed by atoms with E-state index in [0.29, 0.717) is 5.92 Å². The first-order chi connectivity index (χ1) is 9.74. The lowest BCUT2D eigenvalue weighted by Crippen LogP contribution is -2.04. The molecule has 2 aromatic heterocycles. The summed E-state index contributed by atoms with van der Waals surface area (Å²) in [4.78, 5) is 0. The van der Waals surface area contributed by atoms with Crippen molar-refractivity contribution in [1.29, 1.82) is 0 Å². The van der Waals surface area contributed by atoms with Crippen LogP contribution in [-0.4, -0.2) is 9.61 Å². The maximum absolute atomic E-state index is 4.53. The van der Waals surface area contributed by atoms with Crippen molar-refractivity contribution in [2.24, 2.45) is 0 Å². The van der Waals surface area contributed by atoms with Crippen LogP contribution < -0.4 is 0 Å². The highest BCUT2D eigenvalue weighted by Gasteiger charge is 2.19. The van der Waals surface area contributed by atoms with Gasteiger partial charge < -0.3 is 0 Å². The van der Waals surface area contributed by atoms with Crippen LogP contribution in [0.1, 0.15) is 35.2 Å². The van der Waals surface area contributed by atoms with Gasteiger partial charge in [-0.2, -0.15) is 5.10 Å². The van der Waals surface area contributed by atoms with Gasteiger partial charge in [0.15, 0.2) is 0 Å². The molecule has 0 aliphatic rings. The van der Waals surface area contributed by atoms with Crippen molar-refractivity contribution in [2.45, 2.75) is 19.8 Å². The Kier molecular flexibility index (Phi) is 3.15. The molecule has 2 nitrogen and oxygen atoms in total. The average Bonchev–Trinajstić information content (AvgIpc) is 2.79. The molecule has 0 saturated heterocycles. The Hall–Kier alpha value is -2.35. The van der Waals surface area contributed by atoms with Crippen molar-refractivity contribution in [2.75, 3.05) is 0 Å². The maximum atomic E-state index is 4.53. The van der Waals surface area contributed by atoms with Gasteiger partial charge in [0.1, 0.15) is 0 Å². The summed E-state index contributed by atoms with van der Waals surface area (Å²) in [6.07, 6.45) is 3.76. The minimum atomic E-state index is 0.298. The smallest absolute Gasteiger partial charge is 0.0725 e. The van der Waals surface area contributed by atoms with Gasteiger partial charge in [-0.05, 0) is 30.2 Å². The Morgan fingerprint density at radius 3 is 2.60 bits per heavy atom. The van der Waals surface area contributed by atoms with Crippen LogP contribution in [-0.2, 0) is 0 Å². The topological polar surface area (TPSA) is 17.3 Å². The van der Waals surface area contributed by atoms with Gasteiger partial charge in [-0.25, -0.2) is 4.52 Å². The zero-order valence-corrected chi connectivity index (χ0v) is 11.9. The molecule has 1 atom stereocenters. The van der Waals surface area contributed by atoms with Gasteiger partial charge in [0.25, 0.3) is 0 Å². The summed E-state index contributed by atoms with van der Waals surface area (Å²) in [7, 11) is 0. The van der Waals surface area contributed by atoms with E-state index in [1.54, 1.807) is 0 Å². The summed E-state index contributed by atoms with van der Waals surface area (Å²) >= 11 is 0. The van der Waals surface area contributed by atoms with E-state index >= 15 is 0 Å². The molecule has 20 heavy (non-hydrogen) atoms. The molecule has 0 aliphatic carbocycles. The standard InChI is InChI=1S/C18H18N2/c1-4-16-14(3)18(20-17(16)11-8-12-19-20)13(2)15-9-6-5-7-10-15/h4-13H,1H2,2-3H3. The van der Waals surface area contributed by atoms with E-state index in [9.17, 15) is 0 Å². The molecular weight excluding hydrogens is 244 g/mol. The molecule has 1 unspecified atom stereocenters. The molecule has 0 amide bonds. The molecule has 0 saturated carbocycles. The molecule has 0 spiro atoms. The number of hydrogen-bond acceptors (Lipinski definition) is 1. The van der Waals surface area contributed by atoms with Crippen LogP contribution in [0.2, 0.25) is 0 Å². The summed E-state index contributed by atoms with van der Waals surface area (Å²) in [5, 5.41) is 4.53. The van der Waals surface area contributed by atoms with E-state index in [4.69, 9.17) is 0 Å². The minimum absolute atomic E-state index is 0.298. The second-order valence-corrected chi connectivity index (χ2v) is 5.08. The van der Waals surface area contributed by atoms with Gasteiger partial charge in [0.2, 0.25) is 0 Å². The molecule has 1 aromatic carbocycles. The molecule has 2 heterocycles. The molecule has 0 fully saturated rings. The van der Waals surface area contributed by atoms with Crippen LogP contribution in [0.4, 0.5) is 0 Å². The summed E-state index contributed by atoms with van der Waals surface area (Å²) in [5.41, 5.74) is 6.10. The first-order valence-electron chi connectivity index (χ1n) is 6.87. The van der Waals surface area contributed by atoms with Crippen LogP contribution >= 0.6 is 0 Å². The normalized spacial score (nSPS) is 12.5. The van der Waals surface area contributed by atoms with Gasteiger partial charge in [0, 0.05) is 17.7 Å². The first kappa shape index (κ1) is 12.7. The number of hydrogen-bond donors (Lipinski definition) is 0. The zero-order valence-electron chi connectivity index (χ0n) is 11.9. The zero-order chi connectivity index (χ0) is 14.1. The fourth-order valence-corrected chi connectivity index (χ4v) is 2.92. The second-order valence-electron chi connectivity index (χ2n) is 5.08. The number of aromatic nitrogens is 2. The third-order valence-corrected chi connectivity index (χ3v) is 3.96. The Morgan fingerprint density at radius 2 is 1.90 bits per heavy atom. The minimum Gasteiger partial charge on any atom is -0.236 e. The van der Waals surface area contributed by atoms with Crippen LogP contribution in [0.5, 0.6) is 0 Å². The second kappa shape index (κ2) is 4.97. The molecule has 100 valence electrons. The van der Waals surface area contributed by atoms with Gasteiger partial charge in [-0.1, -0.05) is 49.9 Å². The third kappa shape index (κ3) is 1.85. The van der Waals surface area contributed by atoms with E-state index in [1.165, 1.54) is 22.4 Å². The number of nitrogens with zero attached hydrogens (tertiary/aromatic N) is 2. The highest BCUT2D eigenvalue weighted by Crippen LogP contribution is 2.32. The fraction of sp³-hybridized carbons (Fsp3) is 0.167. The lowest BCUT2D eigenvalue weighted by Gasteiger charge is -2.13. The largest absolute Gasteiger partial charge is 0.236 e. The first-order valence-corrected chi connectivity index (χ1v) is 6.87. The lowest BCUT2D eigenvalue weighted by atomic mass is 9.94. The summed E-state index contributed by atoms with van der Waals surface area (Å²) in [6.45, 7) is 8.33. The fourth-order valence-electron chi connectivity index (χ4n) is 2.92. The maximum Gasteiger partial charge on any atom is 0.0725 e. The van der Waals surface area contributed by atoms with Crippen molar-refractivity contribution in [1.82, 2.24) is 9.61 Å². The molecular formula is C18H18N2. The SMILES string of the molecule is C=Cc1c(C)c(C(C)c2ccccc2)n2ncccc12. The molecule has 2 heteroatoms. The molecule has 3 rings (SSSR count). The predicted molar refractivity (Wildman–Crippen MR) is 84.0 cm³/mol. The van der Waals surface area contributed by atoms with Crippen LogP contribution in [0.25, 0.3) is 11.6 Å². The predicted octanol–water partition coefficient (Wildman–Crippen LogP) is 4.44. The molecule has 0 N–H and O–H groups in total. The van der Waals surface area contributed by atoms with Crippen molar-refractivity contribution in [3.05, 3.63) is 77.6 Å². The van der Waals surface area contributed by atoms with Crippen LogP contribution in [0.3, 0.4) is 0 Å². The van der Waals surface area contributed by atoms with E-state index in [-0.39, 0.29) is 0 Å². The Balaban J connectivity index is 2.26. The molecule has 3 aromatic rings. The number of rotatable bonds is 3. The van der Waals surface area contributed by atoms with E-state index in [2.05, 4.69) is 55.9 Å². The van der Waals surface area contributed by atoms with Crippen molar-refractivity contribution >= 4 is 11.6 Å². The van der Waals surface area contributed by atoms with Crippen molar-refractivity contribution < 1.29 is 0 Å². The quantitative estimate of drug-likeness (QED) is 0.682. The number of benzene rings is 1. The Bertz CT molecular complexity index is 754.